The Hall–Kier alpha value is -3.56. The molecule has 2 aromatic carbocycles. The van der Waals surface area contributed by atoms with Gasteiger partial charge in [0.15, 0.2) is 5.11 Å². The lowest BCUT2D eigenvalue weighted by atomic mass is 9.96. The molecule has 2 aliphatic heterocycles. The van der Waals surface area contributed by atoms with Crippen LogP contribution in [0.4, 0.5) is 24.5 Å². The van der Waals surface area contributed by atoms with Crippen LogP contribution in [-0.2, 0) is 6.18 Å². The summed E-state index contributed by atoms with van der Waals surface area (Å²) in [6, 6.07) is 18.7. The zero-order valence-electron chi connectivity index (χ0n) is 24.2. The molecule has 0 spiro atoms. The van der Waals surface area contributed by atoms with Crippen molar-refractivity contribution >= 4 is 40.3 Å². The lowest BCUT2D eigenvalue weighted by molar-refractivity contribution is -0.137. The van der Waals surface area contributed by atoms with Gasteiger partial charge in [-0.05, 0) is 105 Å². The van der Waals surface area contributed by atoms with E-state index in [1.165, 1.54) is 12.1 Å². The number of anilines is 2. The van der Waals surface area contributed by atoms with Crippen molar-refractivity contribution in [2.45, 2.75) is 51.9 Å². The quantitative estimate of drug-likeness (QED) is 0.225. The van der Waals surface area contributed by atoms with Crippen LogP contribution in [0.15, 0.2) is 72.9 Å². The first kappa shape index (κ1) is 29.5. The van der Waals surface area contributed by atoms with Crippen LogP contribution in [-0.4, -0.2) is 27.8 Å². The Bertz CT molecular complexity index is 1650. The number of aromatic nitrogens is 2. The molecule has 0 bridgehead atoms. The predicted octanol–water partition coefficient (Wildman–Crippen LogP) is 8.57. The molecule has 4 aromatic rings. The van der Waals surface area contributed by atoms with E-state index in [1.807, 2.05) is 54.8 Å². The number of pyridine rings is 1. The fourth-order valence-corrected chi connectivity index (χ4v) is 7.05. The predicted molar refractivity (Wildman–Crippen MR) is 170 cm³/mol. The van der Waals surface area contributed by atoms with Crippen molar-refractivity contribution in [2.24, 2.45) is 5.92 Å². The number of thiocarbonyl (C=S) groups is 1. The SMILES string of the molecule is Cc1cc([C@H]2[C@H](c3ccccn3)NC(=S)N2c2ccc(N3CCC(C)CC3)c(Cl)c2)c(C)n1-c1cccc(C(F)(F)F)c1. The maximum Gasteiger partial charge on any atom is 0.416 e. The van der Waals surface area contributed by atoms with E-state index in [4.69, 9.17) is 23.8 Å². The maximum atomic E-state index is 13.6. The van der Waals surface area contributed by atoms with E-state index in [0.717, 1.165) is 66.0 Å². The normalized spacial score (nSPS) is 19.7. The van der Waals surface area contributed by atoms with Crippen molar-refractivity contribution in [3.8, 4) is 5.69 Å². The zero-order valence-corrected chi connectivity index (χ0v) is 25.8. The van der Waals surface area contributed by atoms with Crippen molar-refractivity contribution < 1.29 is 13.2 Å². The minimum atomic E-state index is -4.44. The topological polar surface area (TPSA) is 36.3 Å². The highest BCUT2D eigenvalue weighted by atomic mass is 35.5. The molecule has 2 aliphatic rings. The van der Waals surface area contributed by atoms with E-state index in [1.54, 1.807) is 12.3 Å². The van der Waals surface area contributed by atoms with Gasteiger partial charge < -0.3 is 19.7 Å². The van der Waals surface area contributed by atoms with E-state index in [-0.39, 0.29) is 12.1 Å². The monoisotopic (exact) mass is 623 g/mol. The maximum absolute atomic E-state index is 13.6. The summed E-state index contributed by atoms with van der Waals surface area (Å²) >= 11 is 12.9. The number of hydrogen-bond donors (Lipinski definition) is 1. The molecule has 2 fully saturated rings. The number of nitrogens with one attached hydrogen (secondary N) is 1. The van der Waals surface area contributed by atoms with Gasteiger partial charge in [0.25, 0.3) is 0 Å². The number of rotatable bonds is 5. The molecule has 0 amide bonds. The molecule has 0 radical (unpaired) electrons. The molecule has 2 aromatic heterocycles. The van der Waals surface area contributed by atoms with Gasteiger partial charge in [0.1, 0.15) is 0 Å². The smallest absolute Gasteiger partial charge is 0.370 e. The van der Waals surface area contributed by atoms with Crippen LogP contribution in [0, 0.1) is 19.8 Å². The number of halogens is 4. The van der Waals surface area contributed by atoms with Crippen molar-refractivity contribution in [1.82, 2.24) is 14.9 Å². The molecule has 4 heterocycles. The molecular formula is C33H33ClF3N5S. The number of alkyl halides is 3. The average Bonchev–Trinajstić information content (AvgIpc) is 3.48. The molecule has 2 atom stereocenters. The standard InChI is InChI=1S/C33H33ClF3N5S/c1-20-12-15-40(16-13-20)29-11-10-25(19-27(29)34)42-31(30(39-32(42)43)28-9-4-5-14-38-28)26-17-21(2)41(22(26)3)24-8-6-7-23(18-24)33(35,36)37/h4-11,14,17-20,30-31H,12-13,15-16H2,1-3H3,(H,39,43)/t30-,31-/m0/s1. The number of nitrogens with zero attached hydrogens (tertiary/aromatic N) is 4. The number of piperidine rings is 1. The lowest BCUT2D eigenvalue weighted by Gasteiger charge is -2.33. The van der Waals surface area contributed by atoms with Gasteiger partial charge in [0, 0.05) is 42.0 Å². The Morgan fingerprint density at radius 2 is 1.72 bits per heavy atom. The van der Waals surface area contributed by atoms with E-state index in [2.05, 4.69) is 33.1 Å². The van der Waals surface area contributed by atoms with Gasteiger partial charge in [-0.3, -0.25) is 4.98 Å². The Kier molecular flexibility index (Phi) is 7.89. The summed E-state index contributed by atoms with van der Waals surface area (Å²) in [7, 11) is 0. The molecule has 0 aliphatic carbocycles. The van der Waals surface area contributed by atoms with Crippen molar-refractivity contribution in [2.75, 3.05) is 22.9 Å². The van der Waals surface area contributed by atoms with Crippen LogP contribution in [0.2, 0.25) is 5.02 Å². The molecule has 224 valence electrons. The fraction of sp³-hybridized carbons (Fsp3) is 0.333. The Labute approximate surface area is 260 Å². The van der Waals surface area contributed by atoms with Crippen LogP contribution in [0.3, 0.4) is 0 Å². The van der Waals surface area contributed by atoms with Crippen LogP contribution >= 0.6 is 23.8 Å². The third-order valence-electron chi connectivity index (χ3n) is 8.65. The second-order valence-electron chi connectivity index (χ2n) is 11.5. The van der Waals surface area contributed by atoms with Gasteiger partial charge in [-0.1, -0.05) is 30.7 Å². The van der Waals surface area contributed by atoms with E-state index in [9.17, 15) is 13.2 Å². The largest absolute Gasteiger partial charge is 0.416 e. The number of hydrogen-bond acceptors (Lipinski definition) is 3. The first-order valence-electron chi connectivity index (χ1n) is 14.4. The summed E-state index contributed by atoms with van der Waals surface area (Å²) in [4.78, 5) is 9.03. The Morgan fingerprint density at radius 1 is 0.953 bits per heavy atom. The average molecular weight is 624 g/mol. The molecule has 1 N–H and O–H groups in total. The lowest BCUT2D eigenvalue weighted by Crippen LogP contribution is -2.33. The van der Waals surface area contributed by atoms with Crippen LogP contribution in [0.25, 0.3) is 5.69 Å². The minimum absolute atomic E-state index is 0.300. The first-order valence-corrected chi connectivity index (χ1v) is 15.2. The summed E-state index contributed by atoms with van der Waals surface area (Å²) < 4.78 is 42.7. The molecule has 0 saturated carbocycles. The highest BCUT2D eigenvalue weighted by Crippen LogP contribution is 2.45. The van der Waals surface area contributed by atoms with Gasteiger partial charge in [-0.15, -0.1) is 0 Å². The van der Waals surface area contributed by atoms with Gasteiger partial charge in [-0.2, -0.15) is 13.2 Å². The molecule has 6 rings (SSSR count). The molecule has 10 heteroatoms. The summed E-state index contributed by atoms with van der Waals surface area (Å²) in [6.45, 7) is 8.06. The Morgan fingerprint density at radius 3 is 2.40 bits per heavy atom. The second kappa shape index (κ2) is 11.5. The highest BCUT2D eigenvalue weighted by molar-refractivity contribution is 7.80. The van der Waals surface area contributed by atoms with E-state index in [0.29, 0.717) is 21.7 Å². The number of aryl methyl sites for hydroxylation is 1. The molecule has 2 saturated heterocycles. The van der Waals surface area contributed by atoms with Crippen LogP contribution in [0.5, 0.6) is 0 Å². The fourth-order valence-electron chi connectivity index (χ4n) is 6.41. The second-order valence-corrected chi connectivity index (χ2v) is 12.3. The van der Waals surface area contributed by atoms with Gasteiger partial charge >= 0.3 is 6.18 Å². The third-order valence-corrected chi connectivity index (χ3v) is 9.27. The molecular weight excluding hydrogens is 591 g/mol. The van der Waals surface area contributed by atoms with Crippen LogP contribution in [0.1, 0.15) is 60.1 Å². The molecule has 0 unspecified atom stereocenters. The van der Waals surface area contributed by atoms with Crippen LogP contribution < -0.4 is 15.1 Å². The van der Waals surface area contributed by atoms with Crippen molar-refractivity contribution in [3.05, 3.63) is 106 Å². The van der Waals surface area contributed by atoms with E-state index < -0.39 is 11.7 Å². The molecule has 43 heavy (non-hydrogen) atoms. The summed E-state index contributed by atoms with van der Waals surface area (Å²) in [5.41, 5.74) is 5.00. The van der Waals surface area contributed by atoms with Gasteiger partial charge in [-0.25, -0.2) is 0 Å². The Balaban J connectivity index is 1.44. The summed E-state index contributed by atoms with van der Waals surface area (Å²) in [6.07, 6.45) is -0.425. The summed E-state index contributed by atoms with van der Waals surface area (Å²) in [5, 5.41) is 4.66. The summed E-state index contributed by atoms with van der Waals surface area (Å²) in [5.74, 6) is 0.710. The van der Waals surface area contributed by atoms with Crippen molar-refractivity contribution in [1.29, 1.82) is 0 Å². The highest BCUT2D eigenvalue weighted by Gasteiger charge is 2.42. The van der Waals surface area contributed by atoms with Gasteiger partial charge in [0.05, 0.1) is 34.1 Å². The third kappa shape index (κ3) is 5.60. The van der Waals surface area contributed by atoms with Gasteiger partial charge in [0.2, 0.25) is 0 Å². The molecule has 5 nitrogen and oxygen atoms in total. The first-order chi connectivity index (χ1) is 20.5. The minimum Gasteiger partial charge on any atom is -0.370 e. The number of benzene rings is 2. The van der Waals surface area contributed by atoms with E-state index >= 15 is 0 Å². The zero-order chi connectivity index (χ0) is 30.5. The van der Waals surface area contributed by atoms with Crippen molar-refractivity contribution in [3.63, 3.8) is 0 Å².